The normalized spacial score (nSPS) is 18.5. The first-order valence-corrected chi connectivity index (χ1v) is 19.4. The van der Waals surface area contributed by atoms with Crippen LogP contribution in [0.4, 0.5) is 11.4 Å². The fraction of sp³-hybridized carbons (Fsp3) is 0.0588. The number of nitrogens with zero attached hydrogens (tertiary/aromatic N) is 3. The Labute approximate surface area is 328 Å². The number of allylic oxidation sites excluding steroid dienone is 2. The first-order valence-electron chi connectivity index (χ1n) is 19.4. The zero-order valence-corrected chi connectivity index (χ0v) is 30.7. The molecule has 3 atom stereocenters. The standard InChI is InChI=1S/C51H34N4O2/c1-3-13-31(14-4-1)49-52-50(32-15-5-2-6-16-32)54-51(53-49)34-26-28-45-40(30-34)39-29-33(25-27-44(39)56-45)35-19-12-24-46-47(35)38-20-11-23-43(48(38)57-46)55-41-21-9-7-17-36(41)37-18-8-10-22-42(37)55/h1-30,36,41,49H,(H,52,53,54). The SMILES string of the molecule is C1=CC2c3ccccc3N(c3cccc4c3oc3cccc(-c5ccc6oc7ccc(C8=NC(c9ccccc9)=NC(c9ccccc9)N8)cc7c6c5)c34)C2C=C1. The number of rotatable bonds is 5. The van der Waals surface area contributed by atoms with E-state index in [0.29, 0.717) is 11.8 Å². The zero-order valence-electron chi connectivity index (χ0n) is 30.7. The molecule has 0 amide bonds. The Bertz CT molecular complexity index is 3190. The Morgan fingerprint density at radius 3 is 2.12 bits per heavy atom. The third-order valence-electron chi connectivity index (χ3n) is 11.7. The highest BCUT2D eigenvalue weighted by atomic mass is 16.3. The van der Waals surface area contributed by atoms with Gasteiger partial charge in [-0.25, -0.2) is 9.98 Å². The van der Waals surface area contributed by atoms with Gasteiger partial charge in [-0.05, 0) is 70.8 Å². The molecular weight excluding hydrogens is 701 g/mol. The number of para-hydroxylation sites is 2. The fourth-order valence-corrected chi connectivity index (χ4v) is 9.04. The molecule has 7 aromatic carbocycles. The quantitative estimate of drug-likeness (QED) is 0.191. The van der Waals surface area contributed by atoms with Crippen molar-refractivity contribution in [2.75, 3.05) is 4.90 Å². The molecule has 0 spiro atoms. The molecule has 3 unspecified atom stereocenters. The lowest BCUT2D eigenvalue weighted by Gasteiger charge is -2.28. The summed E-state index contributed by atoms with van der Waals surface area (Å²) in [6.45, 7) is 0. The first kappa shape index (κ1) is 31.9. The molecule has 0 saturated heterocycles. The van der Waals surface area contributed by atoms with Gasteiger partial charge in [-0.1, -0.05) is 133 Å². The highest BCUT2D eigenvalue weighted by Gasteiger charge is 2.38. The fourth-order valence-electron chi connectivity index (χ4n) is 9.04. The van der Waals surface area contributed by atoms with E-state index in [1.165, 1.54) is 11.3 Å². The zero-order chi connectivity index (χ0) is 37.5. The van der Waals surface area contributed by atoms with Gasteiger partial charge in [0.15, 0.2) is 11.4 Å². The van der Waals surface area contributed by atoms with Crippen LogP contribution >= 0.6 is 0 Å². The number of fused-ring (bicyclic) bond motifs is 9. The summed E-state index contributed by atoms with van der Waals surface area (Å²) in [6.07, 6.45) is 8.67. The van der Waals surface area contributed by atoms with E-state index in [1.807, 2.05) is 42.5 Å². The van der Waals surface area contributed by atoms with Gasteiger partial charge < -0.3 is 19.1 Å². The number of aliphatic imine (C=N–C) groups is 2. The topological polar surface area (TPSA) is 66.3 Å². The van der Waals surface area contributed by atoms with Gasteiger partial charge in [0.05, 0.1) is 11.7 Å². The summed E-state index contributed by atoms with van der Waals surface area (Å²) in [5.41, 5.74) is 12.3. The summed E-state index contributed by atoms with van der Waals surface area (Å²) in [6, 6.07) is 55.1. The molecule has 0 radical (unpaired) electrons. The molecule has 12 rings (SSSR count). The minimum atomic E-state index is -0.277. The molecule has 2 aliphatic heterocycles. The van der Waals surface area contributed by atoms with Gasteiger partial charge in [-0.3, -0.25) is 0 Å². The average molecular weight is 735 g/mol. The molecule has 0 bridgehead atoms. The first-order chi connectivity index (χ1) is 28.2. The molecule has 9 aromatic rings. The van der Waals surface area contributed by atoms with Gasteiger partial charge in [0.25, 0.3) is 0 Å². The average Bonchev–Trinajstić information content (AvgIpc) is 3.96. The van der Waals surface area contributed by atoms with Crippen LogP contribution in [0.1, 0.15) is 34.3 Å². The summed E-state index contributed by atoms with van der Waals surface area (Å²) >= 11 is 0. The Hall–Kier alpha value is -7.44. The van der Waals surface area contributed by atoms with E-state index in [4.69, 9.17) is 18.8 Å². The Morgan fingerprint density at radius 1 is 0.544 bits per heavy atom. The van der Waals surface area contributed by atoms with Crippen LogP contribution in [0.5, 0.6) is 0 Å². The van der Waals surface area contributed by atoms with E-state index in [2.05, 4.69) is 150 Å². The second-order valence-corrected chi connectivity index (χ2v) is 14.9. The molecule has 1 aliphatic carbocycles. The number of amidine groups is 2. The van der Waals surface area contributed by atoms with Crippen molar-refractivity contribution in [3.8, 4) is 11.1 Å². The number of hydrogen-bond donors (Lipinski definition) is 1. The molecule has 2 aromatic heterocycles. The van der Waals surface area contributed by atoms with E-state index in [-0.39, 0.29) is 12.2 Å². The molecule has 57 heavy (non-hydrogen) atoms. The Morgan fingerprint density at radius 2 is 1.26 bits per heavy atom. The van der Waals surface area contributed by atoms with Crippen molar-refractivity contribution in [2.45, 2.75) is 18.1 Å². The minimum absolute atomic E-state index is 0.184. The van der Waals surface area contributed by atoms with Gasteiger partial charge in [0.2, 0.25) is 0 Å². The summed E-state index contributed by atoms with van der Waals surface area (Å²) in [4.78, 5) is 12.5. The van der Waals surface area contributed by atoms with Crippen LogP contribution in [0.2, 0.25) is 0 Å². The summed E-state index contributed by atoms with van der Waals surface area (Å²) in [7, 11) is 0. The number of hydrogen-bond acceptors (Lipinski definition) is 6. The number of nitrogens with one attached hydrogen (secondary N) is 1. The van der Waals surface area contributed by atoms with Gasteiger partial charge in [0, 0.05) is 44.3 Å². The third-order valence-corrected chi connectivity index (χ3v) is 11.7. The van der Waals surface area contributed by atoms with Crippen molar-refractivity contribution in [3.05, 3.63) is 204 Å². The number of benzene rings is 7. The maximum absolute atomic E-state index is 6.83. The van der Waals surface area contributed by atoms with E-state index in [9.17, 15) is 0 Å². The molecular formula is C51H34N4O2. The van der Waals surface area contributed by atoms with Crippen molar-refractivity contribution in [2.24, 2.45) is 9.98 Å². The van der Waals surface area contributed by atoms with Gasteiger partial charge in [-0.2, -0.15) is 0 Å². The lowest BCUT2D eigenvalue weighted by atomic mass is 9.91. The van der Waals surface area contributed by atoms with Crippen LogP contribution in [0, 0.1) is 0 Å². The van der Waals surface area contributed by atoms with E-state index in [1.54, 1.807) is 0 Å². The second-order valence-electron chi connectivity index (χ2n) is 14.9. The van der Waals surface area contributed by atoms with Crippen LogP contribution in [0.15, 0.2) is 201 Å². The highest BCUT2D eigenvalue weighted by Crippen LogP contribution is 2.50. The summed E-state index contributed by atoms with van der Waals surface area (Å²) in [5.74, 6) is 1.76. The predicted molar refractivity (Wildman–Crippen MR) is 232 cm³/mol. The van der Waals surface area contributed by atoms with Crippen LogP contribution in [0.25, 0.3) is 55.0 Å². The summed E-state index contributed by atoms with van der Waals surface area (Å²) in [5, 5.41) is 7.88. The molecule has 4 heterocycles. The maximum Gasteiger partial charge on any atom is 0.159 e. The van der Waals surface area contributed by atoms with Crippen LogP contribution in [-0.4, -0.2) is 17.7 Å². The predicted octanol–water partition coefficient (Wildman–Crippen LogP) is 12.4. The Kier molecular flexibility index (Phi) is 7.01. The number of furan rings is 2. The lowest BCUT2D eigenvalue weighted by molar-refractivity contribution is 0.663. The number of anilines is 2. The third kappa shape index (κ3) is 5.04. The van der Waals surface area contributed by atoms with Crippen molar-refractivity contribution >= 4 is 66.9 Å². The molecule has 6 nitrogen and oxygen atoms in total. The van der Waals surface area contributed by atoms with Crippen molar-refractivity contribution in [3.63, 3.8) is 0 Å². The second kappa shape index (κ2) is 12.5. The van der Waals surface area contributed by atoms with Crippen molar-refractivity contribution in [1.29, 1.82) is 0 Å². The van der Waals surface area contributed by atoms with Crippen LogP contribution in [0.3, 0.4) is 0 Å². The lowest BCUT2D eigenvalue weighted by Crippen LogP contribution is -2.33. The van der Waals surface area contributed by atoms with E-state index in [0.717, 1.165) is 83.2 Å². The molecule has 0 saturated carbocycles. The largest absolute Gasteiger partial charge is 0.456 e. The monoisotopic (exact) mass is 734 g/mol. The maximum atomic E-state index is 6.83. The summed E-state index contributed by atoms with van der Waals surface area (Å²) < 4.78 is 13.3. The Balaban J connectivity index is 0.974. The molecule has 1 N–H and O–H groups in total. The van der Waals surface area contributed by atoms with Crippen molar-refractivity contribution < 1.29 is 8.83 Å². The smallest absolute Gasteiger partial charge is 0.159 e. The van der Waals surface area contributed by atoms with Gasteiger partial charge >= 0.3 is 0 Å². The van der Waals surface area contributed by atoms with E-state index >= 15 is 0 Å². The van der Waals surface area contributed by atoms with E-state index < -0.39 is 0 Å². The minimum Gasteiger partial charge on any atom is -0.456 e. The molecule has 270 valence electrons. The van der Waals surface area contributed by atoms with Crippen molar-refractivity contribution in [1.82, 2.24) is 5.32 Å². The highest BCUT2D eigenvalue weighted by molar-refractivity contribution is 6.18. The molecule has 6 heteroatoms. The van der Waals surface area contributed by atoms with Gasteiger partial charge in [-0.15, -0.1) is 0 Å². The van der Waals surface area contributed by atoms with Gasteiger partial charge in [0.1, 0.15) is 28.8 Å². The van der Waals surface area contributed by atoms with Crippen LogP contribution < -0.4 is 10.2 Å². The molecule has 0 fully saturated rings. The van der Waals surface area contributed by atoms with Crippen LogP contribution in [-0.2, 0) is 0 Å². The molecule has 3 aliphatic rings.